The van der Waals surface area contributed by atoms with Gasteiger partial charge in [-0.15, -0.1) is 0 Å². The van der Waals surface area contributed by atoms with Crippen molar-refractivity contribution in [2.75, 3.05) is 20.3 Å². The Kier molecular flexibility index (Phi) is 13.4. The summed E-state index contributed by atoms with van der Waals surface area (Å²) in [6.45, 7) is -1.31. The summed E-state index contributed by atoms with van der Waals surface area (Å²) in [7, 11) is 1.38. The summed E-state index contributed by atoms with van der Waals surface area (Å²) >= 11 is 0. The number of benzene rings is 4. The molecule has 15 N–H and O–H groups in total. The molecule has 65 heavy (non-hydrogen) atoms. The molecule has 0 radical (unpaired) electrons. The number of phenols is 7. The topological polar surface area (TPSA) is 372 Å². The lowest BCUT2D eigenvalue weighted by atomic mass is 9.99. The van der Waals surface area contributed by atoms with E-state index in [9.17, 15) is 76.6 Å². The SMILES string of the molecule is COc1ccc(-c2[o+]c3cc(O)cc(O)c3cc2O[C@@H]2O[C@H](CO)[C@@H](O)[C@H](O)[C@H]2O)cc1O.OC[C@H]1O[C@@H](Oc2cc3c(O)cc(O)cc3[o+]c2-c2ccc(O)c(O)c2)[C@H](O)[C@@H](O)[C@@H]1O. The average Bonchev–Trinajstić information content (AvgIpc) is 3.27. The summed E-state index contributed by atoms with van der Waals surface area (Å²) in [5, 5.41) is 149. The fraction of sp³-hybridized carbons (Fsp3) is 0.302. The maximum Gasteiger partial charge on any atom is 0.402 e. The minimum Gasteiger partial charge on any atom is -0.507 e. The molecular weight excluding hydrogens is 868 g/mol. The van der Waals surface area contributed by atoms with E-state index in [0.717, 1.165) is 12.1 Å². The van der Waals surface area contributed by atoms with Gasteiger partial charge in [0.25, 0.3) is 0 Å². The molecule has 0 aliphatic carbocycles. The highest BCUT2D eigenvalue weighted by Crippen LogP contribution is 2.44. The number of aliphatic hydroxyl groups is 8. The number of phenolic OH excluding ortho intramolecular Hbond substituents is 7. The molecule has 4 aromatic carbocycles. The second-order valence-electron chi connectivity index (χ2n) is 14.9. The molecular formula is C43H44O22+2. The molecule has 6 aromatic rings. The fourth-order valence-corrected chi connectivity index (χ4v) is 7.02. The van der Waals surface area contributed by atoms with Gasteiger partial charge in [-0.3, -0.25) is 0 Å². The van der Waals surface area contributed by atoms with Crippen molar-refractivity contribution in [3.05, 3.63) is 72.8 Å². The molecule has 2 aliphatic heterocycles. The molecule has 2 aliphatic rings. The van der Waals surface area contributed by atoms with Crippen LogP contribution in [0.1, 0.15) is 0 Å². The van der Waals surface area contributed by atoms with Gasteiger partial charge in [0.2, 0.25) is 24.1 Å². The molecule has 22 heteroatoms. The summed E-state index contributed by atoms with van der Waals surface area (Å²) in [6.07, 6.45) is -15.4. The number of fused-ring (bicyclic) bond motifs is 2. The molecule has 0 bridgehead atoms. The van der Waals surface area contributed by atoms with Crippen molar-refractivity contribution in [2.45, 2.75) is 61.4 Å². The monoisotopic (exact) mass is 912 g/mol. The number of methoxy groups -OCH3 is 1. The predicted octanol–water partition coefficient (Wildman–Crippen LogP) is 1.07. The van der Waals surface area contributed by atoms with Crippen molar-refractivity contribution in [1.82, 2.24) is 0 Å². The Labute approximate surface area is 365 Å². The Balaban J connectivity index is 0.000000194. The quantitative estimate of drug-likeness (QED) is 0.0712. The highest BCUT2D eigenvalue weighted by Gasteiger charge is 2.47. The molecule has 4 heterocycles. The van der Waals surface area contributed by atoms with Crippen molar-refractivity contribution >= 4 is 21.9 Å². The van der Waals surface area contributed by atoms with Gasteiger partial charge in [-0.25, -0.2) is 8.83 Å². The van der Waals surface area contributed by atoms with Crippen molar-refractivity contribution in [3.8, 4) is 80.1 Å². The number of aliphatic hydroxyl groups excluding tert-OH is 8. The van der Waals surface area contributed by atoms with E-state index in [-0.39, 0.29) is 90.8 Å². The van der Waals surface area contributed by atoms with Crippen LogP contribution in [0.4, 0.5) is 0 Å². The van der Waals surface area contributed by atoms with Crippen LogP contribution in [0, 0.1) is 0 Å². The molecule has 8 rings (SSSR count). The molecule has 10 atom stereocenters. The van der Waals surface area contributed by atoms with Gasteiger partial charge in [0.1, 0.15) is 82.6 Å². The van der Waals surface area contributed by atoms with E-state index in [2.05, 4.69) is 0 Å². The van der Waals surface area contributed by atoms with Gasteiger partial charge in [0.15, 0.2) is 23.0 Å². The van der Waals surface area contributed by atoms with Crippen LogP contribution in [0.15, 0.2) is 81.6 Å². The van der Waals surface area contributed by atoms with E-state index >= 15 is 0 Å². The molecule has 2 fully saturated rings. The van der Waals surface area contributed by atoms with E-state index < -0.39 is 80.4 Å². The maximum absolute atomic E-state index is 10.3. The predicted molar refractivity (Wildman–Crippen MR) is 219 cm³/mol. The van der Waals surface area contributed by atoms with E-state index in [4.69, 9.17) is 32.5 Å². The summed E-state index contributed by atoms with van der Waals surface area (Å²) < 4.78 is 38.9. The zero-order chi connectivity index (χ0) is 47.0. The zero-order valence-electron chi connectivity index (χ0n) is 33.7. The third-order valence-corrected chi connectivity index (χ3v) is 10.5. The van der Waals surface area contributed by atoms with E-state index in [1.807, 2.05) is 0 Å². The lowest BCUT2D eigenvalue weighted by molar-refractivity contribution is -0.277. The minimum atomic E-state index is -1.71. The molecule has 2 aromatic heterocycles. The van der Waals surface area contributed by atoms with Crippen molar-refractivity contribution in [3.63, 3.8) is 0 Å². The number of hydrogen-bond acceptors (Lipinski definition) is 20. The molecule has 22 nitrogen and oxygen atoms in total. The molecule has 0 amide bonds. The molecule has 0 spiro atoms. The smallest absolute Gasteiger partial charge is 0.402 e. The summed E-state index contributed by atoms with van der Waals surface area (Å²) in [6, 6.07) is 15.4. The average molecular weight is 913 g/mol. The van der Waals surface area contributed by atoms with Crippen molar-refractivity contribution in [1.29, 1.82) is 0 Å². The van der Waals surface area contributed by atoms with E-state index in [1.165, 1.54) is 61.7 Å². The molecule has 0 saturated carbocycles. The number of aromatic hydroxyl groups is 7. The first-order chi connectivity index (χ1) is 30.9. The first-order valence-electron chi connectivity index (χ1n) is 19.4. The van der Waals surface area contributed by atoms with Gasteiger partial charge < -0.3 is 100 Å². The lowest BCUT2D eigenvalue weighted by Gasteiger charge is -2.39. The Hall–Kier alpha value is -6.70. The van der Waals surface area contributed by atoms with Gasteiger partial charge in [-0.1, -0.05) is 0 Å². The number of hydrogen-bond donors (Lipinski definition) is 15. The molecule has 2 saturated heterocycles. The van der Waals surface area contributed by atoms with Gasteiger partial charge in [-0.2, -0.15) is 0 Å². The third kappa shape index (κ3) is 9.30. The van der Waals surface area contributed by atoms with Gasteiger partial charge in [0, 0.05) is 36.4 Å². The number of ether oxygens (including phenoxy) is 5. The van der Waals surface area contributed by atoms with Crippen LogP contribution in [-0.2, 0) is 9.47 Å². The summed E-state index contributed by atoms with van der Waals surface area (Å²) in [5.41, 5.74) is 0.646. The van der Waals surface area contributed by atoms with E-state index in [1.54, 1.807) is 6.07 Å². The third-order valence-electron chi connectivity index (χ3n) is 10.5. The summed E-state index contributed by atoms with van der Waals surface area (Å²) in [5.74, 6) is -2.28. The standard InChI is InChI=1S/C22H22O11.C21H20O11/c1-30-14-3-2-9(4-13(14)26)21-16(7-11-12(25)5-10(24)6-15(11)31-21)32-22-20(29)19(28)18(27)17(8-23)33-22;22-7-16-17(27)18(28)19(29)21(32-16)31-15-6-10-12(25)4-9(23)5-14(10)30-20(15)8-1-2-11(24)13(26)3-8/h2-7,17-20,22-23,27-29H,8H2,1H3,(H2-,24,25,26);1-6,16-19,21-22,27-29H,7H2,(H3-,23,24,25,26)/p+2/t17-,18-,19+,20-,22-;16-,17-,18+,19-,21-/m11/s1. The Morgan fingerprint density at radius 3 is 1.29 bits per heavy atom. The normalized spacial score (nSPS) is 25.4. The molecule has 0 unspecified atom stereocenters. The van der Waals surface area contributed by atoms with Crippen LogP contribution < -0.4 is 14.2 Å². The van der Waals surface area contributed by atoms with Crippen LogP contribution in [0.5, 0.6) is 57.5 Å². The largest absolute Gasteiger partial charge is 0.507 e. The second-order valence-corrected chi connectivity index (χ2v) is 14.9. The van der Waals surface area contributed by atoms with Crippen LogP contribution in [0.2, 0.25) is 0 Å². The van der Waals surface area contributed by atoms with Crippen LogP contribution in [-0.4, -0.2) is 158 Å². The van der Waals surface area contributed by atoms with Crippen molar-refractivity contribution < 1.29 is 109 Å². The number of rotatable bonds is 9. The molecule has 346 valence electrons. The highest BCUT2D eigenvalue weighted by molar-refractivity contribution is 5.89. The summed E-state index contributed by atoms with van der Waals surface area (Å²) in [4.78, 5) is 0. The Morgan fingerprint density at radius 1 is 0.462 bits per heavy atom. The lowest BCUT2D eigenvalue weighted by Crippen LogP contribution is -2.60. The highest BCUT2D eigenvalue weighted by atomic mass is 16.7. The Morgan fingerprint density at radius 2 is 0.892 bits per heavy atom. The van der Waals surface area contributed by atoms with Crippen LogP contribution in [0.3, 0.4) is 0 Å². The first kappa shape index (κ1) is 46.3. The zero-order valence-corrected chi connectivity index (χ0v) is 33.7. The van der Waals surface area contributed by atoms with Gasteiger partial charge in [-0.05, 0) is 24.3 Å². The first-order valence-corrected chi connectivity index (χ1v) is 19.4. The Bertz CT molecular complexity index is 2670. The van der Waals surface area contributed by atoms with Crippen LogP contribution in [0.25, 0.3) is 44.6 Å². The maximum atomic E-state index is 10.3. The van der Waals surface area contributed by atoms with Crippen LogP contribution >= 0.6 is 0 Å². The van der Waals surface area contributed by atoms with Gasteiger partial charge >= 0.3 is 22.7 Å². The van der Waals surface area contributed by atoms with Crippen molar-refractivity contribution in [2.24, 2.45) is 0 Å². The fourth-order valence-electron chi connectivity index (χ4n) is 7.02. The minimum absolute atomic E-state index is 0.0161. The van der Waals surface area contributed by atoms with Gasteiger partial charge in [0.05, 0.1) is 43.6 Å². The second kappa shape index (κ2) is 18.8. The van der Waals surface area contributed by atoms with E-state index in [0.29, 0.717) is 5.56 Å².